The lowest BCUT2D eigenvalue weighted by molar-refractivity contribution is 0.319. The normalized spacial score (nSPS) is 21.4. The van der Waals surface area contributed by atoms with Crippen LogP contribution in [0.5, 0.6) is 5.75 Å². The van der Waals surface area contributed by atoms with E-state index in [0.717, 1.165) is 52.8 Å². The molecule has 4 aromatic carbocycles. The summed E-state index contributed by atoms with van der Waals surface area (Å²) < 4.78 is 18.4. The Morgan fingerprint density at radius 3 is 1.64 bits per heavy atom. The van der Waals surface area contributed by atoms with Gasteiger partial charge >= 0.3 is 0 Å². The Kier molecular flexibility index (Phi) is 17.4. The molecule has 5 nitrogen and oxygen atoms in total. The summed E-state index contributed by atoms with van der Waals surface area (Å²) in [6.07, 6.45) is 26.1. The van der Waals surface area contributed by atoms with E-state index in [1.807, 2.05) is 36.4 Å². The number of halogens is 1. The molecular formula is C53H77FN4O. The van der Waals surface area contributed by atoms with Crippen molar-refractivity contribution in [3.8, 4) is 5.75 Å². The average molecular weight is 805 g/mol. The highest BCUT2D eigenvalue weighted by Gasteiger charge is 2.32. The first-order valence-corrected chi connectivity index (χ1v) is 23.1. The summed E-state index contributed by atoms with van der Waals surface area (Å²) in [5, 5.41) is 0. The van der Waals surface area contributed by atoms with Crippen LogP contribution >= 0.6 is 0 Å². The summed E-state index contributed by atoms with van der Waals surface area (Å²) in [5.41, 5.74) is 33.1. The van der Waals surface area contributed by atoms with Gasteiger partial charge in [0.2, 0.25) is 0 Å². The van der Waals surface area contributed by atoms with E-state index < -0.39 is 0 Å². The minimum absolute atomic E-state index is 0.0877. The molecule has 0 amide bonds. The summed E-state index contributed by atoms with van der Waals surface area (Å²) in [4.78, 5) is 0. The van der Waals surface area contributed by atoms with E-state index in [1.165, 1.54) is 138 Å². The van der Waals surface area contributed by atoms with Gasteiger partial charge in [0, 0.05) is 28.8 Å². The second-order valence-electron chi connectivity index (χ2n) is 18.8. The van der Waals surface area contributed by atoms with Crippen molar-refractivity contribution in [1.82, 2.24) is 0 Å². The third-order valence-corrected chi connectivity index (χ3v) is 14.2. The Bertz CT molecular complexity index is 1850. The van der Waals surface area contributed by atoms with Crippen LogP contribution in [0, 0.1) is 11.7 Å². The number of anilines is 4. The predicted molar refractivity (Wildman–Crippen MR) is 252 cm³/mol. The number of nitrogen functional groups attached to an aromatic ring is 4. The smallest absolute Gasteiger partial charge is 0.123 e. The van der Waals surface area contributed by atoms with Crippen molar-refractivity contribution in [2.24, 2.45) is 5.92 Å². The predicted octanol–water partition coefficient (Wildman–Crippen LogP) is 14.4. The van der Waals surface area contributed by atoms with Gasteiger partial charge in [-0.2, -0.15) is 0 Å². The van der Waals surface area contributed by atoms with Crippen LogP contribution in [0.4, 0.5) is 27.1 Å². The third-order valence-electron chi connectivity index (χ3n) is 14.2. The van der Waals surface area contributed by atoms with Crippen LogP contribution in [-0.2, 0) is 10.8 Å². The number of ether oxygens (including phenoxy) is 1. The lowest BCUT2D eigenvalue weighted by atomic mass is 9.70. The van der Waals surface area contributed by atoms with Crippen LogP contribution in [-0.4, -0.2) is 7.11 Å². The molecule has 0 spiro atoms. The molecule has 8 N–H and O–H groups in total. The van der Waals surface area contributed by atoms with Crippen LogP contribution in [0.2, 0.25) is 0 Å². The largest absolute Gasteiger partial charge is 0.497 e. The maximum Gasteiger partial charge on any atom is 0.123 e. The number of para-hydroxylation sites is 2. The van der Waals surface area contributed by atoms with Crippen molar-refractivity contribution in [3.05, 3.63) is 113 Å². The quantitative estimate of drug-likeness (QED) is 0.150. The van der Waals surface area contributed by atoms with E-state index in [1.54, 1.807) is 19.2 Å². The molecule has 2 atom stereocenters. The van der Waals surface area contributed by atoms with E-state index in [4.69, 9.17) is 27.7 Å². The first kappa shape index (κ1) is 45.9. The highest BCUT2D eigenvalue weighted by molar-refractivity contribution is 5.54. The summed E-state index contributed by atoms with van der Waals surface area (Å²) in [7, 11) is 1.68. The lowest BCUT2D eigenvalue weighted by Gasteiger charge is -2.35. The van der Waals surface area contributed by atoms with Crippen molar-refractivity contribution in [1.29, 1.82) is 0 Å². The monoisotopic (exact) mass is 805 g/mol. The first-order valence-electron chi connectivity index (χ1n) is 23.1. The number of hydrogen-bond acceptors (Lipinski definition) is 5. The molecule has 8 rings (SSSR count). The molecule has 0 radical (unpaired) electrons. The topological polar surface area (TPSA) is 113 Å². The number of nitrogens with two attached hydrogens (primary N) is 4. The van der Waals surface area contributed by atoms with Crippen molar-refractivity contribution in [2.45, 2.75) is 172 Å². The maximum atomic E-state index is 13.2. The SMILES string of the molecule is CC1(c2cc(F)ccc2N)CCCCC1.CC1(c2ccccc2N)CCCC1.CC1CCCC(c2ccccc2N)C1.COc1ccc(C2CCCCCCC2)c(N)c1. The molecule has 4 aromatic rings. The van der Waals surface area contributed by atoms with Gasteiger partial charge in [-0.05, 0) is 139 Å². The second kappa shape index (κ2) is 22.4. The molecule has 0 aromatic heterocycles. The van der Waals surface area contributed by atoms with Crippen molar-refractivity contribution >= 4 is 22.7 Å². The van der Waals surface area contributed by atoms with Crippen molar-refractivity contribution in [3.63, 3.8) is 0 Å². The zero-order valence-corrected chi connectivity index (χ0v) is 37.1. The molecule has 0 saturated heterocycles. The summed E-state index contributed by atoms with van der Waals surface area (Å²) in [5.74, 6) is 2.91. The van der Waals surface area contributed by atoms with Gasteiger partial charge in [-0.3, -0.25) is 0 Å². The minimum Gasteiger partial charge on any atom is -0.497 e. The van der Waals surface area contributed by atoms with E-state index in [2.05, 4.69) is 51.1 Å². The van der Waals surface area contributed by atoms with Crippen LogP contribution in [0.15, 0.2) is 84.9 Å². The Hall–Kier alpha value is -4.19. The van der Waals surface area contributed by atoms with E-state index in [-0.39, 0.29) is 11.2 Å². The van der Waals surface area contributed by atoms with Gasteiger partial charge in [-0.15, -0.1) is 0 Å². The van der Waals surface area contributed by atoms with Gasteiger partial charge in [0.05, 0.1) is 7.11 Å². The van der Waals surface area contributed by atoms with Gasteiger partial charge < -0.3 is 27.7 Å². The number of rotatable bonds is 5. The van der Waals surface area contributed by atoms with E-state index in [0.29, 0.717) is 17.3 Å². The highest BCUT2D eigenvalue weighted by atomic mass is 19.1. The molecular weight excluding hydrogens is 728 g/mol. The minimum atomic E-state index is -0.175. The standard InChI is InChI=1S/C15H23NO.C13H18FN.C13H19N.C12H17N/c1-17-13-9-10-14(15(16)11-13)12-7-5-3-2-4-6-8-12;1-13(7-3-2-4-8-13)11-9-10(14)5-6-12(11)15;1-10-5-4-6-11(9-10)12-7-2-3-8-13(12)14;1-12(8-4-5-9-12)10-6-2-3-7-11(10)13/h9-12H,2-8,16H2,1H3;5-6,9H,2-4,7-8,15H2,1H3;2-3,7-8,10-11H,4-6,9,14H2,1H3;2-3,6-7H,4-5,8-9,13H2,1H3. The van der Waals surface area contributed by atoms with Gasteiger partial charge in [0.15, 0.2) is 0 Å². The molecule has 6 heteroatoms. The third kappa shape index (κ3) is 13.1. The summed E-state index contributed by atoms with van der Waals surface area (Å²) in [6.45, 7) is 6.90. The fourth-order valence-electron chi connectivity index (χ4n) is 10.5. The Morgan fingerprint density at radius 1 is 0.508 bits per heavy atom. The molecule has 0 bridgehead atoms. The first-order chi connectivity index (χ1) is 28.4. The van der Waals surface area contributed by atoms with E-state index in [9.17, 15) is 4.39 Å². The molecule has 4 saturated carbocycles. The van der Waals surface area contributed by atoms with E-state index >= 15 is 0 Å². The second-order valence-corrected chi connectivity index (χ2v) is 18.8. The highest BCUT2D eigenvalue weighted by Crippen LogP contribution is 2.44. The Labute approximate surface area is 357 Å². The van der Waals surface area contributed by atoms with Gasteiger partial charge in [0.25, 0.3) is 0 Å². The van der Waals surface area contributed by atoms with Crippen LogP contribution in [0.25, 0.3) is 0 Å². The van der Waals surface area contributed by atoms with Gasteiger partial charge in [-0.25, -0.2) is 4.39 Å². The van der Waals surface area contributed by atoms with Gasteiger partial charge in [0.1, 0.15) is 11.6 Å². The summed E-state index contributed by atoms with van der Waals surface area (Å²) >= 11 is 0. The van der Waals surface area contributed by atoms with Gasteiger partial charge in [-0.1, -0.05) is 140 Å². The van der Waals surface area contributed by atoms with Crippen molar-refractivity contribution < 1.29 is 9.13 Å². The van der Waals surface area contributed by atoms with Crippen LogP contribution in [0.1, 0.15) is 183 Å². The lowest BCUT2D eigenvalue weighted by Crippen LogP contribution is -2.26. The molecule has 2 unspecified atom stereocenters. The fourth-order valence-corrected chi connectivity index (χ4v) is 10.5. The molecule has 0 aliphatic heterocycles. The zero-order valence-electron chi connectivity index (χ0n) is 37.1. The summed E-state index contributed by atoms with van der Waals surface area (Å²) in [6, 6.07) is 27.5. The Morgan fingerprint density at radius 2 is 1.03 bits per heavy atom. The molecule has 4 fully saturated rings. The molecule has 0 heterocycles. The Balaban J connectivity index is 0.000000150. The average Bonchev–Trinajstić information content (AvgIpc) is 3.67. The number of hydrogen-bond donors (Lipinski definition) is 4. The van der Waals surface area contributed by atoms with Crippen LogP contribution < -0.4 is 27.7 Å². The number of methoxy groups -OCH3 is 1. The maximum absolute atomic E-state index is 13.2. The molecule has 322 valence electrons. The fraction of sp³-hybridized carbons (Fsp3) is 0.547. The molecule has 4 aliphatic rings. The van der Waals surface area contributed by atoms with Crippen LogP contribution in [0.3, 0.4) is 0 Å². The zero-order chi connectivity index (χ0) is 42.3. The molecule has 4 aliphatic carbocycles. The van der Waals surface area contributed by atoms with Crippen molar-refractivity contribution in [2.75, 3.05) is 30.0 Å². The molecule has 59 heavy (non-hydrogen) atoms. The number of benzene rings is 4.